The Bertz CT molecular complexity index is 1440. The first kappa shape index (κ1) is 28.5. The predicted molar refractivity (Wildman–Crippen MR) is 128 cm³/mol. The largest absolute Gasteiger partial charge is 0.481 e. The van der Waals surface area contributed by atoms with Gasteiger partial charge in [0.05, 0.1) is 17.7 Å². The molecule has 2 heterocycles. The number of hydrogen-bond acceptors (Lipinski definition) is 7. The van der Waals surface area contributed by atoms with Crippen LogP contribution in [0.5, 0.6) is 5.75 Å². The normalized spacial score (nSPS) is 16.3. The van der Waals surface area contributed by atoms with Crippen LogP contribution < -0.4 is 10.1 Å². The van der Waals surface area contributed by atoms with Crippen LogP contribution >= 0.6 is 0 Å². The smallest absolute Gasteiger partial charge is 0.305 e. The van der Waals surface area contributed by atoms with Crippen LogP contribution in [0.4, 0.5) is 17.6 Å². The quantitative estimate of drug-likeness (QED) is 0.298. The Kier molecular flexibility index (Phi) is 8.65. The lowest BCUT2D eigenvalue weighted by molar-refractivity contribution is -0.141. The van der Waals surface area contributed by atoms with E-state index in [0.717, 1.165) is 0 Å². The molecule has 40 heavy (non-hydrogen) atoms. The van der Waals surface area contributed by atoms with Gasteiger partial charge in [0.25, 0.3) is 5.91 Å². The van der Waals surface area contributed by atoms with Crippen molar-refractivity contribution in [3.05, 3.63) is 59.3 Å². The molecule has 0 radical (unpaired) electrons. The third-order valence-corrected chi connectivity index (χ3v) is 6.42. The van der Waals surface area contributed by atoms with Gasteiger partial charge < -0.3 is 24.6 Å². The van der Waals surface area contributed by atoms with Crippen molar-refractivity contribution in [3.8, 4) is 5.75 Å². The van der Waals surface area contributed by atoms with Gasteiger partial charge in [0, 0.05) is 19.2 Å². The highest BCUT2D eigenvalue weighted by molar-refractivity contribution is 6.04. The van der Waals surface area contributed by atoms with Gasteiger partial charge in [-0.05, 0) is 25.0 Å². The van der Waals surface area contributed by atoms with E-state index in [1.165, 1.54) is 4.90 Å². The SMILES string of the molecule is O=C(O)CC(NC(=O)C1CCCCN(C(=O)c2noc3ccccc23)C1)C(=O)COc1c(F)c(F)cc(F)c1F. The highest BCUT2D eigenvalue weighted by atomic mass is 19.2. The summed E-state index contributed by atoms with van der Waals surface area (Å²) in [5.41, 5.74) is 0.480. The van der Waals surface area contributed by atoms with E-state index in [0.29, 0.717) is 36.8 Å². The summed E-state index contributed by atoms with van der Waals surface area (Å²) in [5, 5.41) is 15.9. The maximum absolute atomic E-state index is 13.9. The number of benzene rings is 2. The van der Waals surface area contributed by atoms with Gasteiger partial charge in [-0.1, -0.05) is 23.7 Å². The summed E-state index contributed by atoms with van der Waals surface area (Å²) >= 11 is 0. The van der Waals surface area contributed by atoms with Crippen molar-refractivity contribution in [1.82, 2.24) is 15.4 Å². The van der Waals surface area contributed by atoms with Crippen LogP contribution in [-0.2, 0) is 14.4 Å². The number of aliphatic carboxylic acids is 1. The third-order valence-electron chi connectivity index (χ3n) is 6.42. The van der Waals surface area contributed by atoms with Gasteiger partial charge in [-0.2, -0.15) is 8.78 Å². The molecule has 0 saturated carbocycles. The molecule has 14 heteroatoms. The number of hydrogen-bond donors (Lipinski definition) is 2. The Morgan fingerprint density at radius 2 is 1.80 bits per heavy atom. The van der Waals surface area contributed by atoms with Crippen molar-refractivity contribution in [2.75, 3.05) is 19.7 Å². The van der Waals surface area contributed by atoms with E-state index in [-0.39, 0.29) is 18.3 Å². The standard InChI is InChI=1S/C26H23F4N3O7/c27-15-9-16(28)22(30)24(21(15)29)39-12-18(34)17(10-20(35)36)31-25(37)13-5-3-4-8-33(11-13)26(38)23-14-6-1-2-7-19(14)40-32-23/h1-2,6-7,9,13,17H,3-5,8,10-12H2,(H,31,37)(H,35,36). The fourth-order valence-electron chi connectivity index (χ4n) is 4.36. The van der Waals surface area contributed by atoms with Crippen LogP contribution in [-0.4, -0.2) is 64.5 Å². The molecule has 10 nitrogen and oxygen atoms in total. The number of fused-ring (bicyclic) bond motifs is 1. The van der Waals surface area contributed by atoms with Gasteiger partial charge in [0.15, 0.2) is 34.4 Å². The number of ether oxygens (including phenoxy) is 1. The molecule has 2 amide bonds. The minimum Gasteiger partial charge on any atom is -0.481 e. The lowest BCUT2D eigenvalue weighted by Gasteiger charge is -2.25. The number of rotatable bonds is 9. The molecule has 0 spiro atoms. The maximum Gasteiger partial charge on any atom is 0.305 e. The molecule has 2 unspecified atom stereocenters. The molecule has 1 aliphatic rings. The molecular weight excluding hydrogens is 542 g/mol. The average Bonchev–Trinajstić information content (AvgIpc) is 3.19. The second kappa shape index (κ2) is 12.1. The van der Waals surface area contributed by atoms with Crippen LogP contribution in [0.2, 0.25) is 0 Å². The first-order valence-corrected chi connectivity index (χ1v) is 12.2. The molecule has 2 aromatic carbocycles. The first-order valence-electron chi connectivity index (χ1n) is 12.2. The van der Waals surface area contributed by atoms with Gasteiger partial charge in [0.1, 0.15) is 12.6 Å². The summed E-state index contributed by atoms with van der Waals surface area (Å²) in [7, 11) is 0. The molecule has 3 aromatic rings. The maximum atomic E-state index is 13.9. The number of carbonyl (C=O) groups excluding carboxylic acids is 3. The Morgan fingerprint density at radius 3 is 2.50 bits per heavy atom. The number of Topliss-reactive ketones (excluding diaryl/α,β-unsaturated/α-hetero) is 1. The highest BCUT2D eigenvalue weighted by Gasteiger charge is 2.33. The number of halogens is 4. The number of carboxylic acid groups (broad SMARTS) is 1. The minimum absolute atomic E-state index is 0.0430. The summed E-state index contributed by atoms with van der Waals surface area (Å²) < 4.78 is 64.4. The molecule has 1 aromatic heterocycles. The number of nitrogens with one attached hydrogen (secondary N) is 1. The van der Waals surface area contributed by atoms with E-state index in [9.17, 15) is 41.8 Å². The van der Waals surface area contributed by atoms with Gasteiger partial charge in [-0.25, -0.2) is 8.78 Å². The summed E-state index contributed by atoms with van der Waals surface area (Å²) in [5.74, 6) is -13.4. The van der Waals surface area contributed by atoms with E-state index in [1.807, 2.05) is 0 Å². The van der Waals surface area contributed by atoms with E-state index < -0.39 is 77.6 Å². The number of likely N-dealkylation sites (tertiary alicyclic amines) is 1. The summed E-state index contributed by atoms with van der Waals surface area (Å²) in [6.07, 6.45) is 0.527. The van der Waals surface area contributed by atoms with Gasteiger partial charge in [-0.15, -0.1) is 0 Å². The molecule has 2 atom stereocenters. The van der Waals surface area contributed by atoms with Gasteiger partial charge >= 0.3 is 5.97 Å². The monoisotopic (exact) mass is 565 g/mol. The molecule has 0 aliphatic carbocycles. The topological polar surface area (TPSA) is 139 Å². The Labute approximate surface area is 223 Å². The zero-order valence-electron chi connectivity index (χ0n) is 20.8. The summed E-state index contributed by atoms with van der Waals surface area (Å²) in [6.45, 7) is -0.935. The molecule has 212 valence electrons. The lowest BCUT2D eigenvalue weighted by Crippen LogP contribution is -2.48. The predicted octanol–water partition coefficient (Wildman–Crippen LogP) is 3.23. The Morgan fingerprint density at radius 1 is 1.10 bits per heavy atom. The number of para-hydroxylation sites is 1. The lowest BCUT2D eigenvalue weighted by atomic mass is 10.0. The van der Waals surface area contributed by atoms with E-state index in [1.54, 1.807) is 24.3 Å². The minimum atomic E-state index is -1.88. The summed E-state index contributed by atoms with van der Waals surface area (Å²) in [4.78, 5) is 51.7. The van der Waals surface area contributed by atoms with Crippen LogP contribution in [0.25, 0.3) is 11.0 Å². The van der Waals surface area contributed by atoms with Crippen LogP contribution in [0, 0.1) is 29.2 Å². The van der Waals surface area contributed by atoms with Crippen LogP contribution in [0.3, 0.4) is 0 Å². The molecular formula is C26H23F4N3O7. The second-order valence-electron chi connectivity index (χ2n) is 9.18. The zero-order valence-corrected chi connectivity index (χ0v) is 20.8. The third kappa shape index (κ3) is 6.21. The highest BCUT2D eigenvalue weighted by Crippen LogP contribution is 2.27. The van der Waals surface area contributed by atoms with Crippen molar-refractivity contribution in [2.24, 2.45) is 5.92 Å². The fourth-order valence-corrected chi connectivity index (χ4v) is 4.36. The average molecular weight is 565 g/mol. The van der Waals surface area contributed by atoms with E-state index in [4.69, 9.17) is 4.52 Å². The molecule has 1 fully saturated rings. The first-order chi connectivity index (χ1) is 19.1. The van der Waals surface area contributed by atoms with Crippen molar-refractivity contribution in [2.45, 2.75) is 31.7 Å². The molecule has 1 saturated heterocycles. The Balaban J connectivity index is 1.45. The number of aromatic nitrogens is 1. The van der Waals surface area contributed by atoms with Crippen molar-refractivity contribution < 1.29 is 51.1 Å². The number of ketones is 1. The van der Waals surface area contributed by atoms with Gasteiger partial charge in [-0.3, -0.25) is 19.2 Å². The van der Waals surface area contributed by atoms with Crippen LogP contribution in [0.1, 0.15) is 36.2 Å². The number of nitrogens with zero attached hydrogens (tertiary/aromatic N) is 2. The number of amides is 2. The second-order valence-corrected chi connectivity index (χ2v) is 9.18. The van der Waals surface area contributed by atoms with E-state index >= 15 is 0 Å². The van der Waals surface area contributed by atoms with E-state index in [2.05, 4.69) is 15.2 Å². The zero-order chi connectivity index (χ0) is 29.0. The molecule has 1 aliphatic heterocycles. The fraction of sp³-hybridized carbons (Fsp3) is 0.346. The molecule has 4 rings (SSSR count). The number of carboxylic acids is 1. The molecule has 0 bridgehead atoms. The van der Waals surface area contributed by atoms with Crippen molar-refractivity contribution in [1.29, 1.82) is 0 Å². The van der Waals surface area contributed by atoms with Crippen LogP contribution in [0.15, 0.2) is 34.9 Å². The number of carbonyl (C=O) groups is 4. The molecule has 2 N–H and O–H groups in total. The summed E-state index contributed by atoms with van der Waals surface area (Å²) in [6, 6.07) is 5.01. The van der Waals surface area contributed by atoms with Crippen molar-refractivity contribution >= 4 is 34.5 Å². The Hall–Kier alpha value is -4.49. The van der Waals surface area contributed by atoms with Crippen molar-refractivity contribution in [3.63, 3.8) is 0 Å². The van der Waals surface area contributed by atoms with Gasteiger partial charge in [0.2, 0.25) is 17.5 Å².